The maximum Gasteiger partial charge on any atom is 0.256 e. The summed E-state index contributed by atoms with van der Waals surface area (Å²) in [4.78, 5) is 32.0. The smallest absolute Gasteiger partial charge is 0.256 e. The quantitative estimate of drug-likeness (QED) is 0.410. The highest BCUT2D eigenvalue weighted by Crippen LogP contribution is 2.32. The van der Waals surface area contributed by atoms with E-state index >= 15 is 0 Å². The summed E-state index contributed by atoms with van der Waals surface area (Å²) in [6, 6.07) is 16.2. The lowest BCUT2D eigenvalue weighted by molar-refractivity contribution is -0.132. The molecule has 0 saturated carbocycles. The monoisotopic (exact) mass is 551 g/mol. The predicted molar refractivity (Wildman–Crippen MR) is 152 cm³/mol. The number of nitrogens with zero attached hydrogens (tertiary/aromatic N) is 5. The predicted octanol–water partition coefficient (Wildman–Crippen LogP) is 4.40. The highest BCUT2D eigenvalue weighted by atomic mass is 35.5. The van der Waals surface area contributed by atoms with Crippen molar-refractivity contribution in [2.45, 2.75) is 26.3 Å². The minimum atomic E-state index is -0.246. The number of amides is 2. The first-order valence-electron chi connectivity index (χ1n) is 13.0. The maximum atomic E-state index is 13.3. The Hall–Kier alpha value is -3.85. The number of carbonyl (C=O) groups excluding carboxylic acids is 2. The van der Waals surface area contributed by atoms with Crippen molar-refractivity contribution in [3.63, 3.8) is 0 Å². The van der Waals surface area contributed by atoms with Gasteiger partial charge < -0.3 is 24.2 Å². The van der Waals surface area contributed by atoms with Gasteiger partial charge in [-0.25, -0.2) is 0 Å². The summed E-state index contributed by atoms with van der Waals surface area (Å²) in [5.41, 5.74) is 1.92. The molecule has 0 spiro atoms. The molecule has 0 bridgehead atoms. The SMILES string of the molecule is COc1ccc(-c2ccc(N3CCCN(C(=O)CN(C(=O)c4ccccc4Cl)C(C)C)CC3)nn2)c(OC)c1. The molecular formula is C29H34ClN5O4. The normalized spacial score (nSPS) is 13.7. The van der Waals surface area contributed by atoms with Gasteiger partial charge in [0.1, 0.15) is 18.0 Å². The molecule has 2 aromatic carbocycles. The number of rotatable bonds is 8. The fraction of sp³-hybridized carbons (Fsp3) is 0.379. The van der Waals surface area contributed by atoms with Crippen LogP contribution in [-0.4, -0.2) is 84.8 Å². The average Bonchev–Trinajstić information content (AvgIpc) is 3.22. The molecule has 0 N–H and O–H groups in total. The second kappa shape index (κ2) is 12.8. The molecule has 0 aliphatic carbocycles. The number of halogens is 1. The first-order chi connectivity index (χ1) is 18.8. The van der Waals surface area contributed by atoms with Gasteiger partial charge in [0.05, 0.1) is 30.5 Å². The summed E-state index contributed by atoms with van der Waals surface area (Å²) in [6.45, 7) is 6.30. The van der Waals surface area contributed by atoms with Crippen molar-refractivity contribution in [3.05, 3.63) is 65.2 Å². The Labute approximate surface area is 234 Å². The van der Waals surface area contributed by atoms with Gasteiger partial charge in [0, 0.05) is 43.9 Å². The third-order valence-electron chi connectivity index (χ3n) is 6.80. The highest BCUT2D eigenvalue weighted by molar-refractivity contribution is 6.33. The number of aromatic nitrogens is 2. The van der Waals surface area contributed by atoms with Crippen LogP contribution in [0.5, 0.6) is 11.5 Å². The zero-order valence-corrected chi connectivity index (χ0v) is 23.5. The van der Waals surface area contributed by atoms with E-state index in [1.807, 2.05) is 49.1 Å². The van der Waals surface area contributed by atoms with Crippen molar-refractivity contribution in [1.82, 2.24) is 20.0 Å². The van der Waals surface area contributed by atoms with Crippen LogP contribution in [0.25, 0.3) is 11.3 Å². The second-order valence-electron chi connectivity index (χ2n) is 9.57. The number of methoxy groups -OCH3 is 2. The summed E-state index contributed by atoms with van der Waals surface area (Å²) in [7, 11) is 3.22. The summed E-state index contributed by atoms with van der Waals surface area (Å²) < 4.78 is 10.8. The molecule has 9 nitrogen and oxygen atoms in total. The standard InChI is InChI=1S/C29H34ClN5O4/c1-20(2)35(29(37)22-8-5-6-9-24(22)30)19-28(36)34-15-7-14-33(16-17-34)27-13-12-25(31-32-27)23-11-10-21(38-3)18-26(23)39-4/h5-6,8-13,18,20H,7,14-17,19H2,1-4H3. The Morgan fingerprint density at radius 3 is 2.44 bits per heavy atom. The van der Waals surface area contributed by atoms with Crippen molar-refractivity contribution in [2.24, 2.45) is 0 Å². The molecule has 1 fully saturated rings. The first-order valence-corrected chi connectivity index (χ1v) is 13.3. The van der Waals surface area contributed by atoms with E-state index in [1.54, 1.807) is 43.4 Å². The molecular weight excluding hydrogens is 518 g/mol. The van der Waals surface area contributed by atoms with E-state index in [-0.39, 0.29) is 24.4 Å². The van der Waals surface area contributed by atoms with Gasteiger partial charge >= 0.3 is 0 Å². The Morgan fingerprint density at radius 2 is 1.77 bits per heavy atom. The van der Waals surface area contributed by atoms with Gasteiger partial charge in [0.15, 0.2) is 5.82 Å². The third kappa shape index (κ3) is 6.60. The van der Waals surface area contributed by atoms with Crippen molar-refractivity contribution < 1.29 is 19.1 Å². The first kappa shape index (κ1) is 28.2. The molecule has 206 valence electrons. The molecule has 1 aliphatic rings. The molecule has 1 saturated heterocycles. The maximum absolute atomic E-state index is 13.3. The summed E-state index contributed by atoms with van der Waals surface area (Å²) in [5.74, 6) is 1.78. The van der Waals surface area contributed by atoms with Gasteiger partial charge in [-0.2, -0.15) is 0 Å². The number of anilines is 1. The summed E-state index contributed by atoms with van der Waals surface area (Å²) in [5, 5.41) is 9.28. The van der Waals surface area contributed by atoms with Crippen LogP contribution in [0.15, 0.2) is 54.6 Å². The second-order valence-corrected chi connectivity index (χ2v) is 9.98. The van der Waals surface area contributed by atoms with Crippen LogP contribution in [0.3, 0.4) is 0 Å². The molecule has 1 aliphatic heterocycles. The summed E-state index contributed by atoms with van der Waals surface area (Å²) in [6.07, 6.45) is 0.779. The fourth-order valence-corrected chi connectivity index (χ4v) is 4.78. The topological polar surface area (TPSA) is 88.1 Å². The number of ether oxygens (including phenoxy) is 2. The van der Waals surface area contributed by atoms with Gasteiger partial charge in [0.25, 0.3) is 5.91 Å². The molecule has 4 rings (SSSR count). The lowest BCUT2D eigenvalue weighted by Crippen LogP contribution is -2.46. The molecule has 39 heavy (non-hydrogen) atoms. The average molecular weight is 552 g/mol. The van der Waals surface area contributed by atoms with Gasteiger partial charge in [-0.15, -0.1) is 10.2 Å². The van der Waals surface area contributed by atoms with Crippen LogP contribution >= 0.6 is 11.6 Å². The lowest BCUT2D eigenvalue weighted by Gasteiger charge is -2.30. The van der Waals surface area contributed by atoms with Crippen LogP contribution in [-0.2, 0) is 4.79 Å². The van der Waals surface area contributed by atoms with Crippen LogP contribution in [0.2, 0.25) is 5.02 Å². The van der Waals surface area contributed by atoms with Crippen molar-refractivity contribution in [3.8, 4) is 22.8 Å². The van der Waals surface area contributed by atoms with Gasteiger partial charge in [0.2, 0.25) is 5.91 Å². The van der Waals surface area contributed by atoms with Crippen molar-refractivity contribution in [1.29, 1.82) is 0 Å². The Kier molecular flexibility index (Phi) is 9.24. The van der Waals surface area contributed by atoms with Gasteiger partial charge in [-0.3, -0.25) is 9.59 Å². The van der Waals surface area contributed by atoms with Crippen LogP contribution in [0, 0.1) is 0 Å². The largest absolute Gasteiger partial charge is 0.497 e. The lowest BCUT2D eigenvalue weighted by atomic mass is 10.1. The number of carbonyl (C=O) groups is 2. The van der Waals surface area contributed by atoms with E-state index in [0.29, 0.717) is 47.4 Å². The Morgan fingerprint density at radius 1 is 0.974 bits per heavy atom. The minimum absolute atomic E-state index is 0.0000796. The van der Waals surface area contributed by atoms with Crippen LogP contribution in [0.4, 0.5) is 5.82 Å². The van der Waals surface area contributed by atoms with Gasteiger partial charge in [-0.1, -0.05) is 23.7 Å². The Bertz CT molecular complexity index is 1300. The zero-order chi connectivity index (χ0) is 27.9. The van der Waals surface area contributed by atoms with E-state index in [9.17, 15) is 9.59 Å². The number of hydrogen-bond acceptors (Lipinski definition) is 7. The fourth-order valence-electron chi connectivity index (χ4n) is 4.57. The molecule has 0 unspecified atom stereocenters. The molecule has 2 amide bonds. The van der Waals surface area contributed by atoms with Crippen LogP contribution in [0.1, 0.15) is 30.6 Å². The molecule has 1 aromatic heterocycles. The molecule has 10 heteroatoms. The van der Waals surface area contributed by atoms with Crippen molar-refractivity contribution in [2.75, 3.05) is 51.8 Å². The van der Waals surface area contributed by atoms with Crippen LogP contribution < -0.4 is 14.4 Å². The third-order valence-corrected chi connectivity index (χ3v) is 7.13. The molecule has 3 aromatic rings. The van der Waals surface area contributed by atoms with E-state index in [4.69, 9.17) is 21.1 Å². The van der Waals surface area contributed by atoms with E-state index in [1.165, 1.54) is 0 Å². The molecule has 0 atom stereocenters. The highest BCUT2D eigenvalue weighted by Gasteiger charge is 2.27. The number of hydrogen-bond donors (Lipinski definition) is 0. The zero-order valence-electron chi connectivity index (χ0n) is 22.8. The van der Waals surface area contributed by atoms with Gasteiger partial charge in [-0.05, 0) is 56.7 Å². The van der Waals surface area contributed by atoms with E-state index in [2.05, 4.69) is 15.1 Å². The van der Waals surface area contributed by atoms with E-state index < -0.39 is 0 Å². The van der Waals surface area contributed by atoms with Crippen molar-refractivity contribution >= 4 is 29.2 Å². The molecule has 0 radical (unpaired) electrons. The summed E-state index contributed by atoms with van der Waals surface area (Å²) >= 11 is 6.25. The minimum Gasteiger partial charge on any atom is -0.497 e. The Balaban J connectivity index is 1.40. The number of benzene rings is 2. The molecule has 2 heterocycles. The van der Waals surface area contributed by atoms with E-state index in [0.717, 1.165) is 24.3 Å².